The number of amides is 2. The molecule has 1 aliphatic rings. The molecule has 0 saturated carbocycles. The highest BCUT2D eigenvalue weighted by atomic mass is 79.9. The first-order valence-electron chi connectivity index (χ1n) is 6.92. The Bertz CT molecular complexity index is 878. The summed E-state index contributed by atoms with van der Waals surface area (Å²) in [5.74, 6) is -1.04. The fourth-order valence-electron chi connectivity index (χ4n) is 2.26. The van der Waals surface area contributed by atoms with Crippen LogP contribution < -0.4 is 10.2 Å². The lowest BCUT2D eigenvalue weighted by molar-refractivity contribution is -0.122. The molecule has 0 unspecified atom stereocenters. The average molecular weight is 403 g/mol. The molecule has 3 rings (SSSR count). The van der Waals surface area contributed by atoms with Gasteiger partial charge in [-0.05, 0) is 60.3 Å². The minimum atomic E-state index is -0.568. The number of anilines is 1. The van der Waals surface area contributed by atoms with Crippen LogP contribution in [0.1, 0.15) is 5.56 Å². The summed E-state index contributed by atoms with van der Waals surface area (Å²) in [4.78, 5) is 26.2. The number of halogens is 1. The third-order valence-electron chi connectivity index (χ3n) is 3.37. The van der Waals surface area contributed by atoms with E-state index in [0.29, 0.717) is 11.3 Å². The van der Waals surface area contributed by atoms with Crippen molar-refractivity contribution in [3.05, 3.63) is 64.1 Å². The van der Waals surface area contributed by atoms with Gasteiger partial charge in [0.05, 0.1) is 5.69 Å². The van der Waals surface area contributed by atoms with Gasteiger partial charge in [-0.25, -0.2) is 0 Å². The van der Waals surface area contributed by atoms with Crippen molar-refractivity contribution in [2.24, 2.45) is 0 Å². The topological polar surface area (TPSA) is 69.6 Å². The molecule has 0 atom stereocenters. The second-order valence-corrected chi connectivity index (χ2v) is 6.33. The van der Waals surface area contributed by atoms with Gasteiger partial charge in [0, 0.05) is 4.47 Å². The predicted molar refractivity (Wildman–Crippen MR) is 98.5 cm³/mol. The molecule has 5 nitrogen and oxygen atoms in total. The van der Waals surface area contributed by atoms with E-state index in [2.05, 4.69) is 21.2 Å². The Kier molecular flexibility index (Phi) is 4.46. The van der Waals surface area contributed by atoms with E-state index < -0.39 is 11.8 Å². The van der Waals surface area contributed by atoms with E-state index in [0.717, 1.165) is 4.47 Å². The van der Waals surface area contributed by atoms with Crippen LogP contribution in [0.15, 0.2) is 58.6 Å². The van der Waals surface area contributed by atoms with Crippen molar-refractivity contribution in [3.8, 4) is 5.75 Å². The van der Waals surface area contributed by atoms with Crippen LogP contribution in [0, 0.1) is 0 Å². The third kappa shape index (κ3) is 3.22. The Morgan fingerprint density at radius 1 is 1.12 bits per heavy atom. The normalized spacial score (nSPS) is 16.5. The van der Waals surface area contributed by atoms with Crippen molar-refractivity contribution in [2.75, 3.05) is 4.90 Å². The molecule has 1 fully saturated rings. The number of carbonyl (C=O) groups excluding carboxylic acids is 2. The molecule has 2 N–H and O–H groups in total. The molecule has 0 bridgehead atoms. The van der Waals surface area contributed by atoms with E-state index in [9.17, 15) is 14.7 Å². The van der Waals surface area contributed by atoms with Gasteiger partial charge in [-0.1, -0.05) is 28.1 Å². The van der Waals surface area contributed by atoms with Crippen molar-refractivity contribution in [1.82, 2.24) is 5.32 Å². The van der Waals surface area contributed by atoms with Crippen LogP contribution >= 0.6 is 28.1 Å². The Morgan fingerprint density at radius 3 is 2.50 bits per heavy atom. The van der Waals surface area contributed by atoms with Crippen molar-refractivity contribution in [3.63, 3.8) is 0 Å². The van der Waals surface area contributed by atoms with Gasteiger partial charge in [-0.15, -0.1) is 0 Å². The zero-order valence-electron chi connectivity index (χ0n) is 12.2. The molecule has 0 radical (unpaired) electrons. The maximum atomic E-state index is 12.8. The number of nitrogens with zero attached hydrogens (tertiary/aromatic N) is 1. The first kappa shape index (κ1) is 16.4. The molecule has 0 aromatic heterocycles. The molecule has 2 aromatic rings. The number of thiocarbonyl (C=S) groups is 1. The highest BCUT2D eigenvalue weighted by Crippen LogP contribution is 2.24. The second kappa shape index (κ2) is 6.54. The SMILES string of the molecule is O=C1NC(=S)N(c2ccc(Br)cc2)C(=O)/C1=C/c1cccc(O)c1. The van der Waals surface area contributed by atoms with Crippen LogP contribution in [-0.2, 0) is 9.59 Å². The number of nitrogens with one attached hydrogen (secondary N) is 1. The van der Waals surface area contributed by atoms with Gasteiger partial charge in [0.25, 0.3) is 11.8 Å². The molecule has 2 aromatic carbocycles. The Hall–Kier alpha value is -2.51. The number of benzene rings is 2. The Balaban J connectivity index is 2.01. The van der Waals surface area contributed by atoms with E-state index in [1.54, 1.807) is 36.4 Å². The number of aromatic hydroxyl groups is 1. The van der Waals surface area contributed by atoms with Crippen molar-refractivity contribution < 1.29 is 14.7 Å². The van der Waals surface area contributed by atoms with E-state index in [1.807, 2.05) is 0 Å². The lowest BCUT2D eigenvalue weighted by atomic mass is 10.1. The molecule has 24 heavy (non-hydrogen) atoms. The molecule has 1 aliphatic heterocycles. The fourth-order valence-corrected chi connectivity index (χ4v) is 2.81. The molecule has 120 valence electrons. The predicted octanol–water partition coefficient (Wildman–Crippen LogP) is 2.99. The van der Waals surface area contributed by atoms with Crippen LogP contribution in [0.5, 0.6) is 5.75 Å². The van der Waals surface area contributed by atoms with Crippen LogP contribution in [-0.4, -0.2) is 22.0 Å². The molecule has 0 aliphatic carbocycles. The maximum absolute atomic E-state index is 12.8. The fraction of sp³-hybridized carbons (Fsp3) is 0. The van der Waals surface area contributed by atoms with Crippen molar-refractivity contribution in [1.29, 1.82) is 0 Å². The van der Waals surface area contributed by atoms with E-state index in [-0.39, 0.29) is 16.4 Å². The van der Waals surface area contributed by atoms with E-state index >= 15 is 0 Å². The van der Waals surface area contributed by atoms with E-state index in [4.69, 9.17) is 12.2 Å². The summed E-state index contributed by atoms with van der Waals surface area (Å²) in [6.45, 7) is 0. The largest absolute Gasteiger partial charge is 0.508 e. The van der Waals surface area contributed by atoms with Gasteiger partial charge in [0.2, 0.25) is 0 Å². The lowest BCUT2D eigenvalue weighted by Gasteiger charge is -2.28. The van der Waals surface area contributed by atoms with Crippen LogP contribution in [0.3, 0.4) is 0 Å². The Morgan fingerprint density at radius 2 is 1.83 bits per heavy atom. The summed E-state index contributed by atoms with van der Waals surface area (Å²) in [5.41, 5.74) is 1.03. The number of phenols is 1. The summed E-state index contributed by atoms with van der Waals surface area (Å²) in [5, 5.41) is 12.1. The Labute approximate surface area is 151 Å². The van der Waals surface area contributed by atoms with Crippen molar-refractivity contribution >= 4 is 56.8 Å². The van der Waals surface area contributed by atoms with Crippen LogP contribution in [0.25, 0.3) is 6.08 Å². The van der Waals surface area contributed by atoms with Gasteiger partial charge >= 0.3 is 0 Å². The molecule has 1 saturated heterocycles. The minimum absolute atomic E-state index is 0.0281. The minimum Gasteiger partial charge on any atom is -0.508 e. The summed E-state index contributed by atoms with van der Waals surface area (Å²) in [6, 6.07) is 13.3. The molecule has 2 amide bonds. The van der Waals surface area contributed by atoms with Crippen LogP contribution in [0.2, 0.25) is 0 Å². The maximum Gasteiger partial charge on any atom is 0.270 e. The summed E-state index contributed by atoms with van der Waals surface area (Å²) < 4.78 is 0.862. The standard InChI is InChI=1S/C17H11BrN2O3S/c18-11-4-6-12(7-5-11)20-16(23)14(15(22)19-17(20)24)9-10-2-1-3-13(21)8-10/h1-9,21H,(H,19,22,24)/b14-9+. The number of hydrogen-bond donors (Lipinski definition) is 2. The lowest BCUT2D eigenvalue weighted by Crippen LogP contribution is -2.54. The van der Waals surface area contributed by atoms with Gasteiger partial charge < -0.3 is 5.11 Å². The summed E-state index contributed by atoms with van der Waals surface area (Å²) >= 11 is 8.46. The third-order valence-corrected chi connectivity index (χ3v) is 4.18. The summed E-state index contributed by atoms with van der Waals surface area (Å²) in [7, 11) is 0. The quantitative estimate of drug-likeness (QED) is 0.460. The molecular weight excluding hydrogens is 392 g/mol. The molecule has 1 heterocycles. The number of rotatable bonds is 2. The second-order valence-electron chi connectivity index (χ2n) is 5.03. The highest BCUT2D eigenvalue weighted by molar-refractivity contribution is 9.10. The monoisotopic (exact) mass is 402 g/mol. The van der Waals surface area contributed by atoms with E-state index in [1.165, 1.54) is 23.1 Å². The highest BCUT2D eigenvalue weighted by Gasteiger charge is 2.34. The van der Waals surface area contributed by atoms with Gasteiger partial charge in [-0.2, -0.15) is 0 Å². The van der Waals surface area contributed by atoms with Gasteiger partial charge in [0.1, 0.15) is 11.3 Å². The average Bonchev–Trinajstić information content (AvgIpc) is 2.53. The zero-order chi connectivity index (χ0) is 17.3. The first-order valence-corrected chi connectivity index (χ1v) is 8.12. The molecule has 0 spiro atoms. The zero-order valence-corrected chi connectivity index (χ0v) is 14.6. The molecular formula is C17H11BrN2O3S. The van der Waals surface area contributed by atoms with Crippen LogP contribution in [0.4, 0.5) is 5.69 Å². The smallest absolute Gasteiger partial charge is 0.270 e. The first-order chi connectivity index (χ1) is 11.5. The number of phenolic OH excluding ortho intramolecular Hbond substituents is 1. The summed E-state index contributed by atoms with van der Waals surface area (Å²) in [6.07, 6.45) is 1.42. The van der Waals surface area contributed by atoms with Gasteiger partial charge in [0.15, 0.2) is 5.11 Å². The number of carbonyl (C=O) groups is 2. The number of hydrogen-bond acceptors (Lipinski definition) is 4. The molecule has 7 heteroatoms. The van der Waals surface area contributed by atoms with Crippen molar-refractivity contribution in [2.45, 2.75) is 0 Å². The van der Waals surface area contributed by atoms with Gasteiger partial charge in [-0.3, -0.25) is 19.8 Å².